The van der Waals surface area contributed by atoms with E-state index in [-0.39, 0.29) is 10.9 Å². The third-order valence-corrected chi connectivity index (χ3v) is 4.88. The van der Waals surface area contributed by atoms with Crippen molar-refractivity contribution in [1.82, 2.24) is 9.88 Å². The van der Waals surface area contributed by atoms with Crippen molar-refractivity contribution in [3.8, 4) is 17.4 Å². The average molecular weight is 444 g/mol. The molecular weight excluding hydrogens is 421 g/mol. The molecule has 1 aromatic heterocycles. The fraction of sp³-hybridized carbons (Fsp3) is 0.429. The second-order valence-corrected chi connectivity index (χ2v) is 7.19. The minimum absolute atomic E-state index is 0.0968. The van der Waals surface area contributed by atoms with Crippen LogP contribution in [0.4, 0.5) is 13.2 Å². The molecule has 0 N–H and O–H groups in total. The van der Waals surface area contributed by atoms with E-state index in [1.807, 2.05) is 12.1 Å². The lowest BCUT2D eigenvalue weighted by Gasteiger charge is -2.26. The Bertz CT molecular complexity index is 843. The summed E-state index contributed by atoms with van der Waals surface area (Å²) < 4.78 is 55.4. The van der Waals surface area contributed by atoms with Gasteiger partial charge < -0.3 is 14.2 Å². The normalized spacial score (nSPS) is 15.2. The predicted octanol–water partition coefficient (Wildman–Crippen LogP) is 5.02. The highest BCUT2D eigenvalue weighted by atomic mass is 35.5. The van der Waals surface area contributed by atoms with Crippen LogP contribution in [0.15, 0.2) is 30.5 Å². The number of alkyl halides is 3. The first-order valence-corrected chi connectivity index (χ1v) is 10.0. The molecule has 3 rings (SSSR count). The van der Waals surface area contributed by atoms with Crippen molar-refractivity contribution >= 4 is 11.6 Å². The standard InChI is InChI=1S/C21H23ClF3N2O3/c1-2-3-15-4-5-17(29-11-8-27-6-9-28-10-7-27)13-19(15)30-20-18(22)12-16(14-26-20)21(23,24)25/h4-5,12-14H,1-3,6-11H2. The van der Waals surface area contributed by atoms with Gasteiger partial charge in [-0.05, 0) is 30.5 Å². The Morgan fingerprint density at radius 3 is 2.63 bits per heavy atom. The second-order valence-electron chi connectivity index (χ2n) is 6.79. The second kappa shape index (κ2) is 10.3. The zero-order valence-electron chi connectivity index (χ0n) is 16.4. The number of pyridine rings is 1. The number of rotatable bonds is 8. The minimum Gasteiger partial charge on any atom is -0.492 e. The van der Waals surface area contributed by atoms with E-state index in [4.69, 9.17) is 25.8 Å². The molecule has 1 aliphatic heterocycles. The van der Waals surface area contributed by atoms with E-state index < -0.39 is 11.7 Å². The molecule has 1 aliphatic rings. The highest BCUT2D eigenvalue weighted by molar-refractivity contribution is 6.31. The van der Waals surface area contributed by atoms with Crippen LogP contribution in [0.2, 0.25) is 5.02 Å². The van der Waals surface area contributed by atoms with Crippen LogP contribution in [0.5, 0.6) is 17.4 Å². The van der Waals surface area contributed by atoms with Crippen LogP contribution in [0.1, 0.15) is 17.5 Å². The summed E-state index contributed by atoms with van der Waals surface area (Å²) >= 11 is 5.98. The van der Waals surface area contributed by atoms with Crippen molar-refractivity contribution in [2.45, 2.75) is 19.0 Å². The van der Waals surface area contributed by atoms with Crippen molar-refractivity contribution in [3.63, 3.8) is 0 Å². The molecule has 2 heterocycles. The maximum absolute atomic E-state index is 12.8. The summed E-state index contributed by atoms with van der Waals surface area (Å²) in [7, 11) is 0. The van der Waals surface area contributed by atoms with E-state index in [0.717, 1.165) is 44.5 Å². The van der Waals surface area contributed by atoms with Crippen LogP contribution in [0.25, 0.3) is 0 Å². The largest absolute Gasteiger partial charge is 0.492 e. The average Bonchev–Trinajstić information content (AvgIpc) is 2.71. The number of hydrogen-bond acceptors (Lipinski definition) is 5. The van der Waals surface area contributed by atoms with Crippen LogP contribution in [0.3, 0.4) is 0 Å². The zero-order chi connectivity index (χ0) is 21.6. The Balaban J connectivity index is 1.71. The van der Waals surface area contributed by atoms with Crippen LogP contribution in [0, 0.1) is 6.92 Å². The number of ether oxygens (including phenoxy) is 3. The molecule has 30 heavy (non-hydrogen) atoms. The number of nitrogens with zero attached hydrogens (tertiary/aromatic N) is 2. The summed E-state index contributed by atoms with van der Waals surface area (Å²) in [6, 6.07) is 6.18. The lowest BCUT2D eigenvalue weighted by atomic mass is 10.1. The van der Waals surface area contributed by atoms with E-state index >= 15 is 0 Å². The van der Waals surface area contributed by atoms with E-state index in [1.54, 1.807) is 6.07 Å². The van der Waals surface area contributed by atoms with Gasteiger partial charge in [0.2, 0.25) is 5.88 Å². The monoisotopic (exact) mass is 443 g/mol. The number of aryl methyl sites for hydroxylation is 1. The van der Waals surface area contributed by atoms with Crippen LogP contribution < -0.4 is 9.47 Å². The van der Waals surface area contributed by atoms with E-state index in [9.17, 15) is 13.2 Å². The number of benzene rings is 1. The van der Waals surface area contributed by atoms with E-state index in [1.165, 1.54) is 0 Å². The number of morpholine rings is 1. The van der Waals surface area contributed by atoms with Gasteiger partial charge in [-0.3, -0.25) is 4.90 Å². The molecule has 1 saturated heterocycles. The Morgan fingerprint density at radius 1 is 1.20 bits per heavy atom. The van der Waals surface area contributed by atoms with Gasteiger partial charge in [0.25, 0.3) is 0 Å². The van der Waals surface area contributed by atoms with Crippen molar-refractivity contribution in [1.29, 1.82) is 0 Å². The fourth-order valence-corrected chi connectivity index (χ4v) is 3.20. The molecule has 1 fully saturated rings. The topological polar surface area (TPSA) is 43.8 Å². The van der Waals surface area contributed by atoms with E-state index in [2.05, 4.69) is 16.8 Å². The SMILES string of the molecule is [CH2]CCc1ccc(OCCN2CCOCC2)cc1Oc1ncc(C(F)(F)F)cc1Cl. The number of halogens is 4. The quantitative estimate of drug-likeness (QED) is 0.573. The molecule has 1 radical (unpaired) electrons. The number of aromatic nitrogens is 1. The van der Waals surface area contributed by atoms with Gasteiger partial charge in [-0.25, -0.2) is 4.98 Å². The molecule has 2 aromatic rings. The summed E-state index contributed by atoms with van der Waals surface area (Å²) in [5.41, 5.74) is -0.0960. The molecule has 0 bridgehead atoms. The molecule has 5 nitrogen and oxygen atoms in total. The molecule has 163 valence electrons. The highest BCUT2D eigenvalue weighted by Gasteiger charge is 2.32. The Labute approximate surface area is 178 Å². The lowest BCUT2D eigenvalue weighted by molar-refractivity contribution is -0.137. The summed E-state index contributed by atoms with van der Waals surface area (Å²) in [6.07, 6.45) is -2.57. The zero-order valence-corrected chi connectivity index (χ0v) is 17.1. The van der Waals surface area contributed by atoms with Crippen molar-refractivity contribution < 1.29 is 27.4 Å². The molecule has 0 saturated carbocycles. The maximum Gasteiger partial charge on any atom is 0.417 e. The van der Waals surface area contributed by atoms with Gasteiger partial charge in [0.15, 0.2) is 0 Å². The summed E-state index contributed by atoms with van der Waals surface area (Å²) in [5.74, 6) is 0.922. The summed E-state index contributed by atoms with van der Waals surface area (Å²) in [4.78, 5) is 6.00. The molecule has 0 unspecified atom stereocenters. The van der Waals surface area contributed by atoms with Gasteiger partial charge in [0.05, 0.1) is 18.8 Å². The number of hydrogen-bond donors (Lipinski definition) is 0. The van der Waals surface area contributed by atoms with Gasteiger partial charge >= 0.3 is 6.18 Å². The third kappa shape index (κ3) is 6.23. The smallest absolute Gasteiger partial charge is 0.417 e. The Kier molecular flexibility index (Phi) is 7.80. The molecular formula is C21H23ClF3N2O3. The van der Waals surface area contributed by atoms with Gasteiger partial charge in [0, 0.05) is 31.9 Å². The van der Waals surface area contributed by atoms with Crippen molar-refractivity contribution in [2.75, 3.05) is 39.5 Å². The Hall–Kier alpha value is -2.03. The summed E-state index contributed by atoms with van der Waals surface area (Å²) in [6.45, 7) is 8.29. The lowest BCUT2D eigenvalue weighted by Crippen LogP contribution is -2.38. The van der Waals surface area contributed by atoms with Gasteiger partial charge in [-0.1, -0.05) is 24.6 Å². The van der Waals surface area contributed by atoms with Gasteiger partial charge in [0.1, 0.15) is 23.1 Å². The van der Waals surface area contributed by atoms with Crippen molar-refractivity contribution in [3.05, 3.63) is 53.5 Å². The summed E-state index contributed by atoms with van der Waals surface area (Å²) in [5, 5.41) is -0.218. The fourth-order valence-electron chi connectivity index (χ4n) is 2.99. The van der Waals surface area contributed by atoms with Crippen LogP contribution in [-0.4, -0.2) is 49.3 Å². The first-order valence-electron chi connectivity index (χ1n) is 9.62. The first-order chi connectivity index (χ1) is 14.4. The predicted molar refractivity (Wildman–Crippen MR) is 107 cm³/mol. The van der Waals surface area contributed by atoms with Gasteiger partial charge in [-0.2, -0.15) is 13.2 Å². The minimum atomic E-state index is -4.53. The molecule has 0 atom stereocenters. The highest BCUT2D eigenvalue weighted by Crippen LogP contribution is 2.36. The maximum atomic E-state index is 12.8. The van der Waals surface area contributed by atoms with Crippen LogP contribution >= 0.6 is 11.6 Å². The third-order valence-electron chi connectivity index (χ3n) is 4.61. The molecule has 0 spiro atoms. The van der Waals surface area contributed by atoms with Crippen molar-refractivity contribution in [2.24, 2.45) is 0 Å². The molecule has 0 amide bonds. The molecule has 0 aliphatic carbocycles. The molecule has 9 heteroatoms. The molecule has 1 aromatic carbocycles. The van der Waals surface area contributed by atoms with Crippen LogP contribution in [-0.2, 0) is 17.3 Å². The van der Waals surface area contributed by atoms with Gasteiger partial charge in [-0.15, -0.1) is 0 Å². The van der Waals surface area contributed by atoms with E-state index in [0.29, 0.717) is 37.1 Å². The Morgan fingerprint density at radius 2 is 1.97 bits per heavy atom. The first kappa shape index (κ1) is 22.7.